The molecular weight excluding hydrogens is 607 g/mol. The molecule has 0 saturated carbocycles. The smallest absolute Gasteiger partial charge is 0.366 e. The lowest BCUT2D eigenvalue weighted by atomic mass is 10.1. The van der Waals surface area contributed by atoms with Crippen LogP contribution in [0.2, 0.25) is 0 Å². The van der Waals surface area contributed by atoms with Crippen LogP contribution < -0.4 is 35.4 Å². The number of unbranched alkanes of at least 4 members (excludes halogenated alkanes) is 9. The average Bonchev–Trinajstić information content (AvgIpc) is 2.94. The summed E-state index contributed by atoms with van der Waals surface area (Å²) < 4.78 is 22.6. The largest absolute Gasteiger partial charge is 0.490 e. The molecule has 4 heteroatoms. The van der Waals surface area contributed by atoms with Crippen LogP contribution in [0.5, 0.6) is 17.2 Å². The minimum Gasteiger partial charge on any atom is -0.490 e. The Bertz CT molecular complexity index is 859. The molecule has 0 aliphatic rings. The van der Waals surface area contributed by atoms with Crippen LogP contribution in [0.25, 0.3) is 0 Å². The van der Waals surface area contributed by atoms with Crippen molar-refractivity contribution in [1.29, 1.82) is 0 Å². The molecule has 0 aromatic heterocycles. The summed E-state index contributed by atoms with van der Waals surface area (Å²) in [5, 5.41) is 0. The van der Waals surface area contributed by atoms with Crippen LogP contribution in [0, 0.1) is 7.14 Å². The molecule has 0 radical (unpaired) electrons. The molecule has 0 aliphatic heterocycles. The Morgan fingerprint density at radius 2 is 0.975 bits per heavy atom. The number of halogens is 1. The maximum Gasteiger partial charge on any atom is 0.366 e. The number of hydrogen-bond donors (Lipinski definition) is 0. The van der Waals surface area contributed by atoms with Crippen LogP contribution in [0.3, 0.4) is 0 Å². The van der Waals surface area contributed by atoms with Crippen LogP contribution in [0.1, 0.15) is 138 Å². The summed E-state index contributed by atoms with van der Waals surface area (Å²) in [5.74, 6) is 2.80. The summed E-state index contributed by atoms with van der Waals surface area (Å²) in [4.78, 5) is 0. The molecule has 0 bridgehead atoms. The summed E-state index contributed by atoms with van der Waals surface area (Å²) in [7, 11) is 0. The lowest BCUT2D eigenvalue weighted by Crippen LogP contribution is -3.61. The highest BCUT2D eigenvalue weighted by atomic mass is 127. The van der Waals surface area contributed by atoms with E-state index in [-0.39, 0.29) is 18.3 Å². The van der Waals surface area contributed by atoms with Gasteiger partial charge in [0.05, 0.1) is 18.3 Å². The molecule has 0 amide bonds. The molecule has 0 spiro atoms. The normalized spacial score (nSPS) is 13.6. The van der Waals surface area contributed by atoms with Gasteiger partial charge in [0.25, 0.3) is 3.57 Å². The summed E-state index contributed by atoms with van der Waals surface area (Å²) in [6.45, 7) is 13.4. The van der Waals surface area contributed by atoms with E-state index in [1.165, 1.54) is 84.2 Å². The second-order valence-electron chi connectivity index (χ2n) is 11.5. The van der Waals surface area contributed by atoms with Crippen molar-refractivity contribution in [1.82, 2.24) is 0 Å². The van der Waals surface area contributed by atoms with Crippen molar-refractivity contribution in [2.45, 2.75) is 156 Å². The zero-order valence-electron chi connectivity index (χ0n) is 26.5. The van der Waals surface area contributed by atoms with Crippen molar-refractivity contribution >= 4 is 0 Å². The topological polar surface area (TPSA) is 27.7 Å². The quantitative estimate of drug-likeness (QED) is 0.0889. The van der Waals surface area contributed by atoms with E-state index in [2.05, 4.69) is 84.0 Å². The highest BCUT2D eigenvalue weighted by molar-refractivity contribution is 5.42. The Hall–Kier alpha value is -1.43. The molecule has 0 saturated heterocycles. The van der Waals surface area contributed by atoms with Gasteiger partial charge in [0.2, 0.25) is 0 Å². The SMILES string of the molecule is CCCCCCC(C)Oc1cc(O[C@H](C)CCCCCC)cc(O[C@H](C)CCCCCC)c1[I+]c1ccccc1. The van der Waals surface area contributed by atoms with Crippen LogP contribution in [0.4, 0.5) is 0 Å². The fraction of sp³-hybridized carbons (Fsp3) is 0.667. The predicted octanol–water partition coefficient (Wildman–Crippen LogP) is 8.03. The fourth-order valence-corrected chi connectivity index (χ4v) is 7.38. The maximum absolute atomic E-state index is 6.74. The van der Waals surface area contributed by atoms with Gasteiger partial charge < -0.3 is 14.2 Å². The van der Waals surface area contributed by atoms with Gasteiger partial charge in [0.15, 0.2) is 15.1 Å². The van der Waals surface area contributed by atoms with Gasteiger partial charge in [-0.05, 0) is 71.4 Å². The van der Waals surface area contributed by atoms with E-state index in [0.717, 1.165) is 36.5 Å². The standard InChI is InChI=1S/C36H58IO3/c1-7-10-13-17-22-29(4)38-33-27-34(39-30(5)23-18-14-11-8-2)36(37-32-25-20-16-21-26-32)35(28-33)40-31(6)24-19-15-12-9-3/h16,20-21,25-31H,7-15,17-19,22-24H2,1-6H3/q+1/t29-,30-,31?/m1/s1. The molecule has 2 aromatic carbocycles. The van der Waals surface area contributed by atoms with Gasteiger partial charge in [-0.3, -0.25) is 0 Å². The fourth-order valence-electron chi connectivity index (χ4n) is 4.89. The van der Waals surface area contributed by atoms with Gasteiger partial charge in [-0.15, -0.1) is 0 Å². The Labute approximate surface area is 257 Å². The van der Waals surface area contributed by atoms with E-state index in [9.17, 15) is 0 Å². The van der Waals surface area contributed by atoms with Gasteiger partial charge in [0, 0.05) is 12.1 Å². The third-order valence-corrected chi connectivity index (χ3v) is 10.2. The zero-order valence-corrected chi connectivity index (χ0v) is 28.6. The Balaban J connectivity index is 2.33. The van der Waals surface area contributed by atoms with Crippen molar-refractivity contribution in [3.8, 4) is 17.2 Å². The van der Waals surface area contributed by atoms with Crippen molar-refractivity contribution in [3.63, 3.8) is 0 Å². The van der Waals surface area contributed by atoms with Gasteiger partial charge in [0.1, 0.15) is 5.75 Å². The first-order valence-electron chi connectivity index (χ1n) is 16.3. The lowest BCUT2D eigenvalue weighted by molar-refractivity contribution is -0.599. The number of ether oxygens (including phenoxy) is 3. The van der Waals surface area contributed by atoms with Gasteiger partial charge in [-0.1, -0.05) is 96.8 Å². The molecular formula is C36H58IO3+. The molecule has 0 aliphatic carbocycles. The van der Waals surface area contributed by atoms with Gasteiger partial charge in [-0.2, -0.15) is 0 Å². The summed E-state index contributed by atoms with van der Waals surface area (Å²) in [6, 6.07) is 15.2. The highest BCUT2D eigenvalue weighted by Gasteiger charge is 2.30. The number of rotatable bonds is 23. The van der Waals surface area contributed by atoms with Crippen LogP contribution >= 0.6 is 0 Å². The van der Waals surface area contributed by atoms with Crippen molar-refractivity contribution in [2.24, 2.45) is 0 Å². The Kier molecular flexibility index (Phi) is 18.5. The van der Waals surface area contributed by atoms with Gasteiger partial charge >= 0.3 is 21.2 Å². The minimum absolute atomic E-state index is 0.163. The first-order chi connectivity index (χ1) is 19.5. The average molecular weight is 666 g/mol. The molecule has 40 heavy (non-hydrogen) atoms. The first-order valence-corrected chi connectivity index (χ1v) is 18.5. The van der Waals surface area contributed by atoms with Crippen molar-refractivity contribution < 1.29 is 35.4 Å². The zero-order chi connectivity index (χ0) is 29.0. The van der Waals surface area contributed by atoms with Gasteiger partial charge in [-0.25, -0.2) is 0 Å². The third-order valence-electron chi connectivity index (χ3n) is 7.30. The van der Waals surface area contributed by atoms with Crippen LogP contribution in [-0.4, -0.2) is 18.3 Å². The van der Waals surface area contributed by atoms with E-state index in [0.29, 0.717) is 0 Å². The second kappa shape index (κ2) is 21.3. The summed E-state index contributed by atoms with van der Waals surface area (Å²) in [5.41, 5.74) is 0. The van der Waals surface area contributed by atoms with Crippen molar-refractivity contribution in [3.05, 3.63) is 49.6 Å². The van der Waals surface area contributed by atoms with E-state index in [1.54, 1.807) is 0 Å². The summed E-state index contributed by atoms with van der Waals surface area (Å²) in [6.07, 6.45) is 18.8. The molecule has 0 N–H and O–H groups in total. The molecule has 1 unspecified atom stereocenters. The molecule has 0 fully saturated rings. The third kappa shape index (κ3) is 14.5. The molecule has 2 rings (SSSR count). The van der Waals surface area contributed by atoms with E-state index >= 15 is 0 Å². The van der Waals surface area contributed by atoms with E-state index < -0.39 is 21.2 Å². The highest BCUT2D eigenvalue weighted by Crippen LogP contribution is 2.32. The van der Waals surface area contributed by atoms with Crippen molar-refractivity contribution in [2.75, 3.05) is 0 Å². The maximum atomic E-state index is 6.74. The van der Waals surface area contributed by atoms with Crippen LogP contribution in [-0.2, 0) is 0 Å². The minimum atomic E-state index is -0.471. The number of benzene rings is 2. The Morgan fingerprint density at radius 3 is 1.40 bits per heavy atom. The monoisotopic (exact) mass is 665 g/mol. The summed E-state index contributed by atoms with van der Waals surface area (Å²) >= 11 is -0.471. The van der Waals surface area contributed by atoms with E-state index in [1.807, 2.05) is 0 Å². The first kappa shape index (κ1) is 34.8. The number of hydrogen-bond acceptors (Lipinski definition) is 3. The Morgan fingerprint density at radius 1 is 0.550 bits per heavy atom. The molecule has 3 atom stereocenters. The second-order valence-corrected chi connectivity index (χ2v) is 14.3. The van der Waals surface area contributed by atoms with Crippen LogP contribution in [0.15, 0.2) is 42.5 Å². The molecule has 3 nitrogen and oxygen atoms in total. The lowest BCUT2D eigenvalue weighted by Gasteiger charge is -2.21. The molecule has 0 heterocycles. The van der Waals surface area contributed by atoms with E-state index in [4.69, 9.17) is 14.2 Å². The predicted molar refractivity (Wildman–Crippen MR) is 167 cm³/mol. The molecule has 2 aromatic rings. The molecule has 226 valence electrons.